The van der Waals surface area contributed by atoms with Gasteiger partial charge >= 0.3 is 0 Å². The molecule has 4 heteroatoms. The molecule has 0 unspecified atom stereocenters. The van der Waals surface area contributed by atoms with Crippen LogP contribution >= 0.6 is 0 Å². The second kappa shape index (κ2) is 5.77. The highest BCUT2D eigenvalue weighted by molar-refractivity contribution is 6.09. The fraction of sp³-hybridized carbons (Fsp3) is 0.438. The Hall–Kier alpha value is -1.65. The maximum absolute atomic E-state index is 12.5. The molecule has 0 amide bonds. The molecule has 0 spiro atoms. The van der Waals surface area contributed by atoms with Gasteiger partial charge in [-0.2, -0.15) is 0 Å². The van der Waals surface area contributed by atoms with Crippen molar-refractivity contribution in [3.63, 3.8) is 0 Å². The van der Waals surface area contributed by atoms with Gasteiger partial charge in [0, 0.05) is 61.3 Å². The van der Waals surface area contributed by atoms with Crippen LogP contribution in [0.4, 0.5) is 0 Å². The van der Waals surface area contributed by atoms with Crippen LogP contribution in [-0.2, 0) is 0 Å². The first-order valence-electron chi connectivity index (χ1n) is 7.29. The van der Waals surface area contributed by atoms with Crippen molar-refractivity contribution in [2.24, 2.45) is 0 Å². The monoisotopic (exact) mass is 271 g/mol. The number of Topliss-reactive ketones (excluding diaryl/α,β-unsaturated/α-hetero) is 1. The first-order valence-corrected chi connectivity index (χ1v) is 7.29. The Balaban J connectivity index is 1.73. The second-order valence-corrected chi connectivity index (χ2v) is 5.44. The van der Waals surface area contributed by atoms with E-state index >= 15 is 0 Å². The number of rotatable bonds is 4. The minimum atomic E-state index is 0.249. The van der Waals surface area contributed by atoms with E-state index in [1.807, 2.05) is 31.2 Å². The maximum Gasteiger partial charge on any atom is 0.166 e. The van der Waals surface area contributed by atoms with Gasteiger partial charge in [-0.05, 0) is 13.0 Å². The van der Waals surface area contributed by atoms with E-state index in [0.717, 1.165) is 54.9 Å². The van der Waals surface area contributed by atoms with Crippen LogP contribution in [0.15, 0.2) is 24.3 Å². The van der Waals surface area contributed by atoms with Gasteiger partial charge in [0.15, 0.2) is 5.78 Å². The third-order valence-electron chi connectivity index (χ3n) is 4.04. The molecule has 0 radical (unpaired) electrons. The number of ketones is 1. The highest BCUT2D eigenvalue weighted by atomic mass is 16.1. The lowest BCUT2D eigenvalue weighted by molar-refractivity contribution is 0.0961. The van der Waals surface area contributed by atoms with Crippen LogP contribution in [0.1, 0.15) is 22.5 Å². The first kappa shape index (κ1) is 13.3. The van der Waals surface area contributed by atoms with Gasteiger partial charge in [-0.15, -0.1) is 0 Å². The normalized spacial score (nSPS) is 16.6. The fourth-order valence-electron chi connectivity index (χ4n) is 2.96. The zero-order valence-electron chi connectivity index (χ0n) is 11.9. The standard InChI is InChI=1S/C16H21N3O/c1-12-16(13-4-2-3-5-14(13)18-12)15(20)6-9-19-10-7-17-8-11-19/h2-5,17-18H,6-11H2,1H3. The lowest BCUT2D eigenvalue weighted by Gasteiger charge is -2.26. The minimum Gasteiger partial charge on any atom is -0.358 e. The number of hydrogen-bond donors (Lipinski definition) is 2. The van der Waals surface area contributed by atoms with Crippen molar-refractivity contribution in [3.05, 3.63) is 35.5 Å². The summed E-state index contributed by atoms with van der Waals surface area (Å²) in [6, 6.07) is 8.03. The summed E-state index contributed by atoms with van der Waals surface area (Å²) < 4.78 is 0. The molecule has 1 aromatic carbocycles. The van der Waals surface area contributed by atoms with Gasteiger partial charge in [0.05, 0.1) is 0 Å². The topological polar surface area (TPSA) is 48.1 Å². The summed E-state index contributed by atoms with van der Waals surface area (Å²) in [5.74, 6) is 0.249. The number of aromatic nitrogens is 1. The lowest BCUT2D eigenvalue weighted by atomic mass is 10.0. The van der Waals surface area contributed by atoms with Crippen molar-refractivity contribution in [1.82, 2.24) is 15.2 Å². The average Bonchev–Trinajstić information content (AvgIpc) is 2.82. The molecular weight excluding hydrogens is 250 g/mol. The van der Waals surface area contributed by atoms with Crippen LogP contribution in [0.25, 0.3) is 10.9 Å². The molecule has 0 saturated carbocycles. The number of carbonyl (C=O) groups excluding carboxylic acids is 1. The number of nitrogens with zero attached hydrogens (tertiary/aromatic N) is 1. The van der Waals surface area contributed by atoms with E-state index in [4.69, 9.17) is 0 Å². The summed E-state index contributed by atoms with van der Waals surface area (Å²) in [4.78, 5) is 18.2. The maximum atomic E-state index is 12.5. The van der Waals surface area contributed by atoms with E-state index in [0.29, 0.717) is 6.42 Å². The van der Waals surface area contributed by atoms with Crippen molar-refractivity contribution in [2.45, 2.75) is 13.3 Å². The molecule has 1 saturated heterocycles. The largest absolute Gasteiger partial charge is 0.358 e. The van der Waals surface area contributed by atoms with Crippen LogP contribution in [0.2, 0.25) is 0 Å². The summed E-state index contributed by atoms with van der Waals surface area (Å²) >= 11 is 0. The van der Waals surface area contributed by atoms with Gasteiger partial charge in [0.25, 0.3) is 0 Å². The highest BCUT2D eigenvalue weighted by Gasteiger charge is 2.17. The molecule has 20 heavy (non-hydrogen) atoms. The molecule has 0 aliphatic carbocycles. The Labute approximate surface area is 119 Å². The Bertz CT molecular complexity index is 611. The van der Waals surface area contributed by atoms with E-state index in [1.165, 1.54) is 0 Å². The molecule has 4 nitrogen and oxygen atoms in total. The van der Waals surface area contributed by atoms with Gasteiger partial charge in [-0.3, -0.25) is 4.79 Å². The van der Waals surface area contributed by atoms with Crippen LogP contribution < -0.4 is 5.32 Å². The van der Waals surface area contributed by atoms with E-state index in [2.05, 4.69) is 15.2 Å². The molecule has 1 fully saturated rings. The Morgan fingerprint density at radius 3 is 2.80 bits per heavy atom. The molecule has 106 valence electrons. The third-order valence-corrected chi connectivity index (χ3v) is 4.04. The molecule has 1 aliphatic rings. The lowest BCUT2D eigenvalue weighted by Crippen LogP contribution is -2.44. The number of carbonyl (C=O) groups is 1. The molecule has 0 bridgehead atoms. The Kier molecular flexibility index (Phi) is 3.85. The molecule has 2 N–H and O–H groups in total. The molecule has 2 heterocycles. The molecular formula is C16H21N3O. The zero-order valence-corrected chi connectivity index (χ0v) is 11.9. The predicted molar refractivity (Wildman–Crippen MR) is 81.3 cm³/mol. The Morgan fingerprint density at radius 1 is 1.25 bits per heavy atom. The van der Waals surface area contributed by atoms with Crippen LogP contribution in [0.3, 0.4) is 0 Å². The van der Waals surface area contributed by atoms with Crippen LogP contribution in [-0.4, -0.2) is 48.4 Å². The summed E-state index contributed by atoms with van der Waals surface area (Å²) in [5.41, 5.74) is 2.91. The minimum absolute atomic E-state index is 0.249. The molecule has 1 aromatic heterocycles. The predicted octanol–water partition coefficient (Wildman–Crippen LogP) is 1.95. The second-order valence-electron chi connectivity index (χ2n) is 5.44. The van der Waals surface area contributed by atoms with Crippen molar-refractivity contribution in [3.8, 4) is 0 Å². The van der Waals surface area contributed by atoms with Gasteiger partial charge in [0.2, 0.25) is 0 Å². The molecule has 2 aromatic rings. The number of nitrogens with one attached hydrogen (secondary N) is 2. The number of benzene rings is 1. The first-order chi connectivity index (χ1) is 9.75. The van der Waals surface area contributed by atoms with Gasteiger partial charge < -0.3 is 15.2 Å². The zero-order chi connectivity index (χ0) is 13.9. The van der Waals surface area contributed by atoms with E-state index in [9.17, 15) is 4.79 Å². The average molecular weight is 271 g/mol. The Morgan fingerprint density at radius 2 is 2.00 bits per heavy atom. The summed E-state index contributed by atoms with van der Waals surface area (Å²) in [5, 5.41) is 4.38. The number of fused-ring (bicyclic) bond motifs is 1. The van der Waals surface area contributed by atoms with Crippen molar-refractivity contribution < 1.29 is 4.79 Å². The number of hydrogen-bond acceptors (Lipinski definition) is 3. The molecule has 1 aliphatic heterocycles. The number of aryl methyl sites for hydroxylation is 1. The summed E-state index contributed by atoms with van der Waals surface area (Å²) in [6.07, 6.45) is 0.600. The fourth-order valence-corrected chi connectivity index (χ4v) is 2.96. The SMILES string of the molecule is Cc1[nH]c2ccccc2c1C(=O)CCN1CCNCC1. The van der Waals surface area contributed by atoms with Crippen molar-refractivity contribution in [2.75, 3.05) is 32.7 Å². The smallest absolute Gasteiger partial charge is 0.166 e. The van der Waals surface area contributed by atoms with E-state index < -0.39 is 0 Å². The number of para-hydroxylation sites is 1. The van der Waals surface area contributed by atoms with E-state index in [1.54, 1.807) is 0 Å². The number of aromatic amines is 1. The highest BCUT2D eigenvalue weighted by Crippen LogP contribution is 2.23. The van der Waals surface area contributed by atoms with Crippen molar-refractivity contribution >= 4 is 16.7 Å². The van der Waals surface area contributed by atoms with E-state index in [-0.39, 0.29) is 5.78 Å². The molecule has 0 atom stereocenters. The quantitative estimate of drug-likeness (QED) is 0.836. The van der Waals surface area contributed by atoms with Gasteiger partial charge in [-0.25, -0.2) is 0 Å². The summed E-state index contributed by atoms with van der Waals surface area (Å²) in [6.45, 7) is 6.98. The van der Waals surface area contributed by atoms with Crippen LogP contribution in [0.5, 0.6) is 0 Å². The number of H-pyrrole nitrogens is 1. The van der Waals surface area contributed by atoms with Crippen LogP contribution in [0, 0.1) is 6.92 Å². The number of piperazine rings is 1. The molecule has 3 rings (SSSR count). The third kappa shape index (κ3) is 2.62. The van der Waals surface area contributed by atoms with Gasteiger partial charge in [-0.1, -0.05) is 18.2 Å². The summed E-state index contributed by atoms with van der Waals surface area (Å²) in [7, 11) is 0. The van der Waals surface area contributed by atoms with Crippen molar-refractivity contribution in [1.29, 1.82) is 0 Å². The van der Waals surface area contributed by atoms with Gasteiger partial charge in [0.1, 0.15) is 0 Å².